The molecule has 0 heterocycles. The lowest BCUT2D eigenvalue weighted by molar-refractivity contribution is 0.0825. The first-order valence-electron chi connectivity index (χ1n) is 5.48. The first-order valence-corrected chi connectivity index (χ1v) is 6.56. The summed E-state index contributed by atoms with van der Waals surface area (Å²) < 4.78 is 1.10. The number of Topliss-reactive ketones (excluding diaryl/α,β-unsaturated/α-hetero) is 2. The molecule has 84 valence electrons. The number of carbonyl (C=O) groups is 2. The summed E-state index contributed by atoms with van der Waals surface area (Å²) in [7, 11) is 0. The smallest absolute Gasteiger partial charge is 0.234 e. The predicted molar refractivity (Wildman–Crippen MR) is 74.7 cm³/mol. The van der Waals surface area contributed by atoms with E-state index in [1.165, 1.54) is 5.56 Å². The highest BCUT2D eigenvalue weighted by molar-refractivity contribution is 14.1. The number of ketones is 2. The Morgan fingerprint density at radius 3 is 2.12 bits per heavy atom. The molecule has 3 heteroatoms. The molecule has 0 aliphatic heterocycles. The molecule has 0 aromatic heterocycles. The Kier molecular flexibility index (Phi) is 2.33. The summed E-state index contributed by atoms with van der Waals surface area (Å²) in [5.41, 5.74) is 2.32. The maximum absolute atomic E-state index is 11.8. The first-order chi connectivity index (χ1) is 8.15. The monoisotopic (exact) mass is 336 g/mol. The SMILES string of the molecule is CCc1ccc2c3c(ccc(I)c13)C(=O)C2=O. The van der Waals surface area contributed by atoms with E-state index in [0.717, 1.165) is 20.8 Å². The standard InChI is InChI=1S/C14H9IO2/c1-2-7-3-4-8-12-9(14(17)13(8)16)5-6-10(15)11(7)12/h3-6H,2H2,1H3. The van der Waals surface area contributed by atoms with Gasteiger partial charge < -0.3 is 0 Å². The van der Waals surface area contributed by atoms with Crippen molar-refractivity contribution in [1.29, 1.82) is 0 Å². The lowest BCUT2D eigenvalue weighted by atomic mass is 9.98. The molecular weight excluding hydrogens is 327 g/mol. The van der Waals surface area contributed by atoms with Crippen molar-refractivity contribution in [3.63, 3.8) is 0 Å². The van der Waals surface area contributed by atoms with Gasteiger partial charge in [0.1, 0.15) is 0 Å². The molecule has 0 amide bonds. The molecule has 0 atom stereocenters. The highest BCUT2D eigenvalue weighted by atomic mass is 127. The average molecular weight is 336 g/mol. The minimum absolute atomic E-state index is 0.366. The zero-order valence-corrected chi connectivity index (χ0v) is 11.4. The van der Waals surface area contributed by atoms with Crippen LogP contribution in [0.25, 0.3) is 10.8 Å². The van der Waals surface area contributed by atoms with Gasteiger partial charge >= 0.3 is 0 Å². The molecule has 3 rings (SSSR count). The van der Waals surface area contributed by atoms with Crippen molar-refractivity contribution in [3.8, 4) is 0 Å². The second-order valence-electron chi connectivity index (χ2n) is 4.13. The predicted octanol–water partition coefficient (Wildman–Crippen LogP) is 3.39. The third-order valence-electron chi connectivity index (χ3n) is 3.27. The van der Waals surface area contributed by atoms with Crippen molar-refractivity contribution in [2.24, 2.45) is 0 Å². The summed E-state index contributed by atoms with van der Waals surface area (Å²) in [5, 5.41) is 1.92. The first kappa shape index (κ1) is 10.9. The van der Waals surface area contributed by atoms with Crippen LogP contribution in [0, 0.1) is 3.57 Å². The highest BCUT2D eigenvalue weighted by Gasteiger charge is 2.31. The van der Waals surface area contributed by atoms with Gasteiger partial charge in [-0.3, -0.25) is 9.59 Å². The largest absolute Gasteiger partial charge is 0.285 e. The van der Waals surface area contributed by atoms with E-state index >= 15 is 0 Å². The van der Waals surface area contributed by atoms with Crippen LogP contribution in [-0.4, -0.2) is 11.6 Å². The Bertz CT molecular complexity index is 666. The summed E-state index contributed by atoms with van der Waals surface area (Å²) >= 11 is 2.26. The topological polar surface area (TPSA) is 34.1 Å². The van der Waals surface area contributed by atoms with E-state index in [2.05, 4.69) is 29.5 Å². The zero-order chi connectivity index (χ0) is 12.2. The van der Waals surface area contributed by atoms with Gasteiger partial charge in [-0.15, -0.1) is 0 Å². The van der Waals surface area contributed by atoms with E-state index in [1.807, 2.05) is 12.1 Å². The number of benzene rings is 2. The summed E-state index contributed by atoms with van der Waals surface area (Å²) in [4.78, 5) is 23.7. The Labute approximate surface area is 112 Å². The zero-order valence-electron chi connectivity index (χ0n) is 9.21. The van der Waals surface area contributed by atoms with Gasteiger partial charge in [-0.2, -0.15) is 0 Å². The van der Waals surface area contributed by atoms with E-state index in [1.54, 1.807) is 12.1 Å². The lowest BCUT2D eigenvalue weighted by Crippen LogP contribution is -2.05. The van der Waals surface area contributed by atoms with Crippen LogP contribution in [0.4, 0.5) is 0 Å². The van der Waals surface area contributed by atoms with Gasteiger partial charge in [-0.25, -0.2) is 0 Å². The molecule has 17 heavy (non-hydrogen) atoms. The Balaban J connectivity index is 2.58. The van der Waals surface area contributed by atoms with Crippen LogP contribution >= 0.6 is 22.6 Å². The number of hydrogen-bond acceptors (Lipinski definition) is 2. The Hall–Kier alpha value is -1.23. The summed E-state index contributed by atoms with van der Waals surface area (Å²) in [6, 6.07) is 7.42. The number of carbonyl (C=O) groups excluding carboxylic acids is 2. The maximum Gasteiger partial charge on any atom is 0.234 e. The van der Waals surface area contributed by atoms with Crippen LogP contribution in [0.3, 0.4) is 0 Å². The van der Waals surface area contributed by atoms with Crippen molar-refractivity contribution in [1.82, 2.24) is 0 Å². The van der Waals surface area contributed by atoms with E-state index in [4.69, 9.17) is 0 Å². The number of halogens is 1. The molecule has 0 unspecified atom stereocenters. The van der Waals surface area contributed by atoms with Crippen molar-refractivity contribution < 1.29 is 9.59 Å². The Morgan fingerprint density at radius 2 is 1.53 bits per heavy atom. The van der Waals surface area contributed by atoms with E-state index in [0.29, 0.717) is 11.1 Å². The average Bonchev–Trinajstić information content (AvgIpc) is 2.59. The maximum atomic E-state index is 11.8. The molecule has 2 aromatic rings. The summed E-state index contributed by atoms with van der Waals surface area (Å²) in [6.45, 7) is 2.08. The van der Waals surface area contributed by atoms with E-state index in [-0.39, 0.29) is 11.6 Å². The molecule has 0 radical (unpaired) electrons. The van der Waals surface area contributed by atoms with Crippen LogP contribution in [0.15, 0.2) is 24.3 Å². The van der Waals surface area contributed by atoms with Crippen LogP contribution in [0.5, 0.6) is 0 Å². The third kappa shape index (κ3) is 1.32. The Morgan fingerprint density at radius 1 is 0.941 bits per heavy atom. The molecule has 0 N–H and O–H groups in total. The van der Waals surface area contributed by atoms with Gasteiger partial charge in [0.15, 0.2) is 0 Å². The van der Waals surface area contributed by atoms with Gasteiger partial charge in [0.2, 0.25) is 11.6 Å². The van der Waals surface area contributed by atoms with Crippen molar-refractivity contribution >= 4 is 44.9 Å². The second-order valence-corrected chi connectivity index (χ2v) is 5.29. The van der Waals surface area contributed by atoms with Crippen molar-refractivity contribution in [2.75, 3.05) is 0 Å². The van der Waals surface area contributed by atoms with Crippen molar-refractivity contribution in [2.45, 2.75) is 13.3 Å². The normalized spacial score (nSPS) is 13.8. The molecule has 0 spiro atoms. The van der Waals surface area contributed by atoms with Gasteiger partial charge in [0, 0.05) is 20.1 Å². The molecule has 0 saturated carbocycles. The van der Waals surface area contributed by atoms with Crippen LogP contribution in [-0.2, 0) is 6.42 Å². The molecule has 2 aromatic carbocycles. The molecule has 1 aliphatic rings. The fourth-order valence-electron chi connectivity index (χ4n) is 2.44. The van der Waals surface area contributed by atoms with Crippen LogP contribution < -0.4 is 0 Å². The number of hydrogen-bond donors (Lipinski definition) is 0. The van der Waals surface area contributed by atoms with Crippen LogP contribution in [0.1, 0.15) is 33.2 Å². The fraction of sp³-hybridized carbons (Fsp3) is 0.143. The van der Waals surface area contributed by atoms with Crippen LogP contribution in [0.2, 0.25) is 0 Å². The molecule has 0 saturated heterocycles. The van der Waals surface area contributed by atoms with Gasteiger partial charge in [0.05, 0.1) is 0 Å². The molecular formula is C14H9IO2. The van der Waals surface area contributed by atoms with Gasteiger partial charge in [-0.1, -0.05) is 13.0 Å². The quantitative estimate of drug-likeness (QED) is 0.591. The highest BCUT2D eigenvalue weighted by Crippen LogP contribution is 2.35. The summed E-state index contributed by atoms with van der Waals surface area (Å²) in [6.07, 6.45) is 0.901. The van der Waals surface area contributed by atoms with Gasteiger partial charge in [0.25, 0.3) is 0 Å². The second kappa shape index (κ2) is 3.63. The van der Waals surface area contributed by atoms with Gasteiger partial charge in [-0.05, 0) is 58.2 Å². The van der Waals surface area contributed by atoms with Crippen molar-refractivity contribution in [3.05, 3.63) is 44.5 Å². The van der Waals surface area contributed by atoms with E-state index < -0.39 is 0 Å². The minimum atomic E-state index is -0.366. The minimum Gasteiger partial charge on any atom is -0.285 e. The lowest BCUT2D eigenvalue weighted by Gasteiger charge is -2.07. The molecule has 2 nitrogen and oxygen atoms in total. The fourth-order valence-corrected chi connectivity index (χ4v) is 3.24. The number of rotatable bonds is 1. The number of aryl methyl sites for hydroxylation is 1. The third-order valence-corrected chi connectivity index (χ3v) is 4.17. The van der Waals surface area contributed by atoms with E-state index in [9.17, 15) is 9.59 Å². The molecule has 0 bridgehead atoms. The summed E-state index contributed by atoms with van der Waals surface area (Å²) in [5.74, 6) is -0.732. The molecule has 1 aliphatic carbocycles. The molecule has 0 fully saturated rings.